The molecule has 2 heterocycles. The van der Waals surface area contributed by atoms with Crippen molar-refractivity contribution >= 4 is 0 Å². The van der Waals surface area contributed by atoms with Crippen LogP contribution in [0.25, 0.3) is 0 Å². The monoisotopic (exact) mass is 265 g/mol. The van der Waals surface area contributed by atoms with Gasteiger partial charge in [-0.05, 0) is 31.9 Å². The van der Waals surface area contributed by atoms with Crippen molar-refractivity contribution in [1.82, 2.24) is 4.90 Å². The van der Waals surface area contributed by atoms with E-state index in [1.807, 2.05) is 25.1 Å². The third-order valence-corrected chi connectivity index (χ3v) is 3.40. The number of aliphatic hydroxyl groups excluding tert-OH is 1. The van der Waals surface area contributed by atoms with Crippen molar-refractivity contribution in [2.24, 2.45) is 0 Å². The largest absolute Gasteiger partial charge is 0.464 e. The average Bonchev–Trinajstić information content (AvgIpc) is 2.83. The minimum Gasteiger partial charge on any atom is -0.464 e. The zero-order valence-electron chi connectivity index (χ0n) is 11.5. The summed E-state index contributed by atoms with van der Waals surface area (Å²) in [4.78, 5) is 2.24. The van der Waals surface area contributed by atoms with Crippen LogP contribution in [0.4, 0.5) is 0 Å². The van der Waals surface area contributed by atoms with Gasteiger partial charge in [0.15, 0.2) is 0 Å². The van der Waals surface area contributed by atoms with Crippen LogP contribution in [0.3, 0.4) is 0 Å². The second-order valence-corrected chi connectivity index (χ2v) is 5.09. The SMILES string of the molecule is C=CCCC(O)CN1CCOC(c2ccc(C)o2)C1. The number of hydrogen-bond donors (Lipinski definition) is 1. The van der Waals surface area contributed by atoms with Gasteiger partial charge in [0.05, 0.1) is 12.7 Å². The standard InChI is InChI=1S/C15H23NO3/c1-3-4-5-13(17)10-16-8-9-18-15(11-16)14-7-6-12(2)19-14/h3,6-7,13,15,17H,1,4-5,8-11H2,2H3. The van der Waals surface area contributed by atoms with Crippen LogP contribution in [-0.2, 0) is 4.74 Å². The Balaban J connectivity index is 1.85. The van der Waals surface area contributed by atoms with Gasteiger partial charge in [-0.1, -0.05) is 6.08 Å². The van der Waals surface area contributed by atoms with E-state index in [0.717, 1.165) is 37.5 Å². The van der Waals surface area contributed by atoms with E-state index in [4.69, 9.17) is 9.15 Å². The molecule has 106 valence electrons. The number of nitrogens with zero attached hydrogens (tertiary/aromatic N) is 1. The Morgan fingerprint density at radius 1 is 1.58 bits per heavy atom. The first-order valence-corrected chi connectivity index (χ1v) is 6.88. The Morgan fingerprint density at radius 3 is 3.11 bits per heavy atom. The molecule has 1 fully saturated rings. The smallest absolute Gasteiger partial charge is 0.134 e. The molecular weight excluding hydrogens is 242 g/mol. The van der Waals surface area contributed by atoms with Gasteiger partial charge < -0.3 is 14.3 Å². The van der Waals surface area contributed by atoms with Gasteiger partial charge >= 0.3 is 0 Å². The van der Waals surface area contributed by atoms with Crippen LogP contribution >= 0.6 is 0 Å². The fraction of sp³-hybridized carbons (Fsp3) is 0.600. The normalized spacial score (nSPS) is 22.3. The summed E-state index contributed by atoms with van der Waals surface area (Å²) in [6, 6.07) is 3.92. The Labute approximate surface area is 114 Å². The first-order valence-electron chi connectivity index (χ1n) is 6.88. The summed E-state index contributed by atoms with van der Waals surface area (Å²) in [6.45, 7) is 8.62. The fourth-order valence-electron chi connectivity index (χ4n) is 2.37. The van der Waals surface area contributed by atoms with E-state index in [2.05, 4.69) is 11.5 Å². The summed E-state index contributed by atoms with van der Waals surface area (Å²) in [5.74, 6) is 1.78. The zero-order chi connectivity index (χ0) is 13.7. The number of morpholine rings is 1. The van der Waals surface area contributed by atoms with Crippen molar-refractivity contribution in [2.45, 2.75) is 32.0 Å². The number of furan rings is 1. The van der Waals surface area contributed by atoms with Crippen molar-refractivity contribution < 1.29 is 14.3 Å². The molecule has 19 heavy (non-hydrogen) atoms. The highest BCUT2D eigenvalue weighted by Gasteiger charge is 2.25. The number of β-amino-alcohol motifs (C(OH)–C–C–N with tert-alkyl or cyclic N) is 1. The van der Waals surface area contributed by atoms with Crippen LogP contribution in [0.1, 0.15) is 30.5 Å². The summed E-state index contributed by atoms with van der Waals surface area (Å²) >= 11 is 0. The minimum absolute atomic E-state index is 0.0194. The van der Waals surface area contributed by atoms with E-state index >= 15 is 0 Å². The number of aliphatic hydroxyl groups is 1. The molecule has 1 aliphatic heterocycles. The fourth-order valence-corrected chi connectivity index (χ4v) is 2.37. The zero-order valence-corrected chi connectivity index (χ0v) is 11.5. The Bertz CT molecular complexity index is 402. The topological polar surface area (TPSA) is 45.8 Å². The summed E-state index contributed by atoms with van der Waals surface area (Å²) in [6.07, 6.45) is 3.15. The predicted octanol–water partition coefficient (Wildman–Crippen LogP) is 2.29. The van der Waals surface area contributed by atoms with Crippen LogP contribution in [0, 0.1) is 6.92 Å². The van der Waals surface area contributed by atoms with Crippen LogP contribution in [0.15, 0.2) is 29.2 Å². The number of ether oxygens (including phenoxy) is 1. The van der Waals surface area contributed by atoms with E-state index in [1.165, 1.54) is 0 Å². The molecular formula is C15H23NO3. The lowest BCUT2D eigenvalue weighted by molar-refractivity contribution is -0.0515. The van der Waals surface area contributed by atoms with E-state index in [-0.39, 0.29) is 12.2 Å². The van der Waals surface area contributed by atoms with Crippen molar-refractivity contribution in [2.75, 3.05) is 26.2 Å². The molecule has 2 unspecified atom stereocenters. The molecule has 0 amide bonds. The molecule has 2 atom stereocenters. The van der Waals surface area contributed by atoms with Crippen molar-refractivity contribution in [3.8, 4) is 0 Å². The predicted molar refractivity (Wildman–Crippen MR) is 74.0 cm³/mol. The minimum atomic E-state index is -0.296. The molecule has 4 heteroatoms. The van der Waals surface area contributed by atoms with Crippen LogP contribution in [0.5, 0.6) is 0 Å². The van der Waals surface area contributed by atoms with Crippen LogP contribution in [0.2, 0.25) is 0 Å². The highest BCUT2D eigenvalue weighted by atomic mass is 16.5. The third-order valence-electron chi connectivity index (χ3n) is 3.40. The number of aryl methyl sites for hydroxylation is 1. The lowest BCUT2D eigenvalue weighted by Crippen LogP contribution is -2.42. The van der Waals surface area contributed by atoms with Crippen molar-refractivity contribution in [3.63, 3.8) is 0 Å². The maximum Gasteiger partial charge on any atom is 0.134 e. The Hall–Kier alpha value is -1.10. The first kappa shape index (κ1) is 14.3. The van der Waals surface area contributed by atoms with Gasteiger partial charge in [0, 0.05) is 19.6 Å². The van der Waals surface area contributed by atoms with Gasteiger partial charge in [-0.3, -0.25) is 4.90 Å². The van der Waals surface area contributed by atoms with E-state index in [9.17, 15) is 5.11 Å². The maximum absolute atomic E-state index is 9.94. The second kappa shape index (κ2) is 6.89. The van der Waals surface area contributed by atoms with E-state index < -0.39 is 0 Å². The second-order valence-electron chi connectivity index (χ2n) is 5.09. The highest BCUT2D eigenvalue weighted by Crippen LogP contribution is 2.24. The molecule has 2 rings (SSSR count). The maximum atomic E-state index is 9.94. The molecule has 0 saturated carbocycles. The molecule has 1 saturated heterocycles. The molecule has 1 aliphatic rings. The first-order chi connectivity index (χ1) is 9.19. The summed E-state index contributed by atoms with van der Waals surface area (Å²) in [5.41, 5.74) is 0. The molecule has 1 N–H and O–H groups in total. The molecule has 0 spiro atoms. The van der Waals surface area contributed by atoms with Crippen LogP contribution in [-0.4, -0.2) is 42.4 Å². The van der Waals surface area contributed by atoms with Gasteiger partial charge in [0.25, 0.3) is 0 Å². The number of hydrogen-bond acceptors (Lipinski definition) is 4. The number of allylic oxidation sites excluding steroid dienone is 1. The van der Waals surface area contributed by atoms with Gasteiger partial charge in [0.2, 0.25) is 0 Å². The Morgan fingerprint density at radius 2 is 2.42 bits per heavy atom. The number of rotatable bonds is 6. The third kappa shape index (κ3) is 4.20. The summed E-state index contributed by atoms with van der Waals surface area (Å²) in [5, 5.41) is 9.94. The lowest BCUT2D eigenvalue weighted by Gasteiger charge is -2.33. The lowest BCUT2D eigenvalue weighted by atomic mass is 10.1. The summed E-state index contributed by atoms with van der Waals surface area (Å²) < 4.78 is 11.4. The Kier molecular flexibility index (Phi) is 5.19. The van der Waals surface area contributed by atoms with E-state index in [0.29, 0.717) is 13.2 Å². The average molecular weight is 265 g/mol. The van der Waals surface area contributed by atoms with Crippen LogP contribution < -0.4 is 0 Å². The molecule has 4 nitrogen and oxygen atoms in total. The van der Waals surface area contributed by atoms with Gasteiger partial charge in [-0.25, -0.2) is 0 Å². The highest BCUT2D eigenvalue weighted by molar-refractivity contribution is 5.09. The van der Waals surface area contributed by atoms with Crippen molar-refractivity contribution in [1.29, 1.82) is 0 Å². The molecule has 0 bridgehead atoms. The van der Waals surface area contributed by atoms with Gasteiger partial charge in [-0.2, -0.15) is 0 Å². The quantitative estimate of drug-likeness (QED) is 0.802. The van der Waals surface area contributed by atoms with E-state index in [1.54, 1.807) is 0 Å². The molecule has 0 radical (unpaired) electrons. The molecule has 1 aromatic heterocycles. The molecule has 0 aliphatic carbocycles. The summed E-state index contributed by atoms with van der Waals surface area (Å²) in [7, 11) is 0. The van der Waals surface area contributed by atoms with Crippen molar-refractivity contribution in [3.05, 3.63) is 36.3 Å². The van der Waals surface area contributed by atoms with Gasteiger partial charge in [0.1, 0.15) is 17.6 Å². The van der Waals surface area contributed by atoms with Gasteiger partial charge in [-0.15, -0.1) is 6.58 Å². The molecule has 0 aromatic carbocycles. The molecule has 1 aromatic rings.